The Labute approximate surface area is 146 Å². The molecule has 0 saturated carbocycles. The molecule has 4 rings (SSSR count). The minimum Gasteiger partial charge on any atom is -0.464 e. The summed E-state index contributed by atoms with van der Waals surface area (Å²) in [5.41, 5.74) is 1.42. The van der Waals surface area contributed by atoms with Crippen molar-refractivity contribution in [3.05, 3.63) is 16.8 Å². The van der Waals surface area contributed by atoms with Gasteiger partial charge in [0.25, 0.3) is 0 Å². The van der Waals surface area contributed by atoms with Gasteiger partial charge in [-0.05, 0) is 57.4 Å². The fourth-order valence-corrected chi connectivity index (χ4v) is 5.18. The first-order valence-electron chi connectivity index (χ1n) is 8.98. The van der Waals surface area contributed by atoms with Gasteiger partial charge in [0.05, 0.1) is 12.0 Å². The van der Waals surface area contributed by atoms with Crippen molar-refractivity contribution in [1.82, 2.24) is 9.97 Å². The van der Waals surface area contributed by atoms with Crippen LogP contribution in [0.2, 0.25) is 0 Å². The molecule has 1 saturated heterocycles. The Morgan fingerprint density at radius 1 is 1.29 bits per heavy atom. The molecule has 1 atom stereocenters. The maximum absolute atomic E-state index is 12.4. The van der Waals surface area contributed by atoms with E-state index in [1.54, 1.807) is 17.7 Å². The maximum atomic E-state index is 12.4. The number of hydrogen-bond donors (Lipinski definition) is 0. The molecular weight excluding hydrogens is 322 g/mol. The molecule has 1 aliphatic carbocycles. The van der Waals surface area contributed by atoms with Crippen molar-refractivity contribution >= 4 is 33.3 Å². The standard InChI is InChI=1S/C18H23N3O2S/c1-2-23-18(22)13-8-5-6-10-21(13)16-15-12-7-3-4-9-14(12)24-17(15)20-11-19-16/h11,13H,2-10H2,1H3. The Morgan fingerprint density at radius 3 is 3.04 bits per heavy atom. The van der Waals surface area contributed by atoms with Crippen LogP contribution in [0.3, 0.4) is 0 Å². The predicted octanol–water partition coefficient (Wildman–Crippen LogP) is 3.49. The van der Waals surface area contributed by atoms with Gasteiger partial charge in [0.1, 0.15) is 23.0 Å². The highest BCUT2D eigenvalue weighted by atomic mass is 32.1. The lowest BCUT2D eigenvalue weighted by Gasteiger charge is -2.35. The highest BCUT2D eigenvalue weighted by Gasteiger charge is 2.33. The fraction of sp³-hybridized carbons (Fsp3) is 0.611. The Bertz CT molecular complexity index is 758. The minimum atomic E-state index is -0.212. The fourth-order valence-electron chi connectivity index (χ4n) is 3.96. The first-order chi connectivity index (χ1) is 11.8. The zero-order valence-electron chi connectivity index (χ0n) is 14.1. The quantitative estimate of drug-likeness (QED) is 0.797. The van der Waals surface area contributed by atoms with E-state index < -0.39 is 0 Å². The summed E-state index contributed by atoms with van der Waals surface area (Å²) in [7, 11) is 0. The summed E-state index contributed by atoms with van der Waals surface area (Å²) in [5.74, 6) is 0.824. The molecule has 2 aromatic rings. The number of aryl methyl sites for hydroxylation is 2. The number of hydrogen-bond acceptors (Lipinski definition) is 6. The zero-order chi connectivity index (χ0) is 16.5. The molecule has 0 aromatic carbocycles. The van der Waals surface area contributed by atoms with Crippen LogP contribution in [0, 0.1) is 0 Å². The van der Waals surface area contributed by atoms with Crippen LogP contribution in [0.25, 0.3) is 10.2 Å². The maximum Gasteiger partial charge on any atom is 0.328 e. The number of carbonyl (C=O) groups is 1. The SMILES string of the molecule is CCOC(=O)C1CCCCN1c1ncnc2sc3c(c12)CCCC3. The number of carbonyl (C=O) groups excluding carboxylic acids is 1. The molecular formula is C18H23N3O2S. The Hall–Kier alpha value is -1.69. The average molecular weight is 345 g/mol. The van der Waals surface area contributed by atoms with E-state index in [0.717, 1.165) is 49.3 Å². The van der Waals surface area contributed by atoms with Gasteiger partial charge in [0, 0.05) is 11.4 Å². The van der Waals surface area contributed by atoms with Crippen molar-refractivity contribution in [2.75, 3.05) is 18.1 Å². The van der Waals surface area contributed by atoms with E-state index in [-0.39, 0.29) is 12.0 Å². The zero-order valence-corrected chi connectivity index (χ0v) is 14.9. The second-order valence-corrected chi connectivity index (χ2v) is 7.63. The van der Waals surface area contributed by atoms with Gasteiger partial charge in [0.2, 0.25) is 0 Å². The minimum absolute atomic E-state index is 0.118. The summed E-state index contributed by atoms with van der Waals surface area (Å²) in [6, 6.07) is -0.212. The first-order valence-corrected chi connectivity index (χ1v) is 9.79. The molecule has 1 unspecified atom stereocenters. The smallest absolute Gasteiger partial charge is 0.328 e. The number of nitrogens with zero attached hydrogens (tertiary/aromatic N) is 3. The van der Waals surface area contributed by atoms with Crippen LogP contribution >= 0.6 is 11.3 Å². The third-order valence-electron chi connectivity index (χ3n) is 5.06. The van der Waals surface area contributed by atoms with E-state index in [4.69, 9.17) is 4.74 Å². The topological polar surface area (TPSA) is 55.3 Å². The van der Waals surface area contributed by atoms with Crippen molar-refractivity contribution in [2.24, 2.45) is 0 Å². The van der Waals surface area contributed by atoms with Gasteiger partial charge in [-0.15, -0.1) is 11.3 Å². The molecule has 128 valence electrons. The Morgan fingerprint density at radius 2 is 2.17 bits per heavy atom. The molecule has 0 bridgehead atoms. The second-order valence-electron chi connectivity index (χ2n) is 6.55. The lowest BCUT2D eigenvalue weighted by Crippen LogP contribution is -2.46. The van der Waals surface area contributed by atoms with Crippen LogP contribution < -0.4 is 4.90 Å². The van der Waals surface area contributed by atoms with Crippen LogP contribution in [-0.2, 0) is 22.4 Å². The summed E-state index contributed by atoms with van der Waals surface area (Å²) in [4.78, 5) is 26.3. The molecule has 1 aliphatic heterocycles. The van der Waals surface area contributed by atoms with Gasteiger partial charge in [0.15, 0.2) is 0 Å². The number of thiophene rings is 1. The third kappa shape index (κ3) is 2.66. The number of esters is 1. The average Bonchev–Trinajstić information content (AvgIpc) is 3.00. The van der Waals surface area contributed by atoms with Gasteiger partial charge in [-0.3, -0.25) is 0 Å². The molecule has 0 radical (unpaired) electrons. The van der Waals surface area contributed by atoms with Gasteiger partial charge in [-0.2, -0.15) is 0 Å². The number of aromatic nitrogens is 2. The highest BCUT2D eigenvalue weighted by Crippen LogP contribution is 2.40. The molecule has 6 heteroatoms. The molecule has 5 nitrogen and oxygen atoms in total. The second kappa shape index (κ2) is 6.67. The lowest BCUT2D eigenvalue weighted by atomic mass is 9.96. The highest BCUT2D eigenvalue weighted by molar-refractivity contribution is 7.19. The Kier molecular flexibility index (Phi) is 4.39. The molecule has 24 heavy (non-hydrogen) atoms. The van der Waals surface area contributed by atoms with Crippen molar-refractivity contribution < 1.29 is 9.53 Å². The van der Waals surface area contributed by atoms with Crippen LogP contribution in [0.1, 0.15) is 49.5 Å². The number of piperidine rings is 1. The summed E-state index contributed by atoms with van der Waals surface area (Å²) in [6.07, 6.45) is 9.40. The largest absolute Gasteiger partial charge is 0.464 e. The van der Waals surface area contributed by atoms with E-state index in [1.807, 2.05) is 6.92 Å². The number of rotatable bonds is 3. The summed E-state index contributed by atoms with van der Waals surface area (Å²) >= 11 is 1.80. The molecule has 2 aromatic heterocycles. The van der Waals surface area contributed by atoms with Crippen LogP contribution in [0.4, 0.5) is 5.82 Å². The van der Waals surface area contributed by atoms with Crippen molar-refractivity contribution in [1.29, 1.82) is 0 Å². The van der Waals surface area contributed by atoms with E-state index >= 15 is 0 Å². The molecule has 1 fully saturated rings. The van der Waals surface area contributed by atoms with E-state index in [0.29, 0.717) is 6.61 Å². The summed E-state index contributed by atoms with van der Waals surface area (Å²) in [6.45, 7) is 3.15. The first kappa shape index (κ1) is 15.8. The van der Waals surface area contributed by atoms with E-state index in [2.05, 4.69) is 14.9 Å². The van der Waals surface area contributed by atoms with Gasteiger partial charge < -0.3 is 9.64 Å². The van der Waals surface area contributed by atoms with Gasteiger partial charge in [-0.1, -0.05) is 0 Å². The monoisotopic (exact) mass is 345 g/mol. The molecule has 0 N–H and O–H groups in total. The van der Waals surface area contributed by atoms with Gasteiger partial charge >= 0.3 is 5.97 Å². The van der Waals surface area contributed by atoms with Crippen molar-refractivity contribution in [2.45, 2.75) is 57.9 Å². The number of anilines is 1. The molecule has 0 amide bonds. The van der Waals surface area contributed by atoms with E-state index in [9.17, 15) is 4.79 Å². The lowest BCUT2D eigenvalue weighted by molar-refractivity contribution is -0.145. The summed E-state index contributed by atoms with van der Waals surface area (Å²) < 4.78 is 5.32. The van der Waals surface area contributed by atoms with Crippen molar-refractivity contribution in [3.8, 4) is 0 Å². The number of fused-ring (bicyclic) bond motifs is 3. The molecule has 0 spiro atoms. The van der Waals surface area contributed by atoms with E-state index in [1.165, 1.54) is 28.7 Å². The van der Waals surface area contributed by atoms with Crippen LogP contribution in [0.15, 0.2) is 6.33 Å². The van der Waals surface area contributed by atoms with Crippen molar-refractivity contribution in [3.63, 3.8) is 0 Å². The van der Waals surface area contributed by atoms with Crippen LogP contribution in [-0.4, -0.2) is 35.1 Å². The van der Waals surface area contributed by atoms with Gasteiger partial charge in [-0.25, -0.2) is 14.8 Å². The predicted molar refractivity (Wildman–Crippen MR) is 95.7 cm³/mol. The normalized spacial score (nSPS) is 20.9. The summed E-state index contributed by atoms with van der Waals surface area (Å²) in [5, 5.41) is 1.19. The molecule has 2 aliphatic rings. The third-order valence-corrected chi connectivity index (χ3v) is 6.26. The number of ether oxygens (including phenoxy) is 1. The Balaban J connectivity index is 1.79. The molecule has 3 heterocycles. The van der Waals surface area contributed by atoms with Crippen LogP contribution in [0.5, 0.6) is 0 Å².